The molecule has 0 spiro atoms. The van der Waals surface area contributed by atoms with Crippen molar-refractivity contribution in [3.63, 3.8) is 0 Å². The van der Waals surface area contributed by atoms with Crippen LogP contribution in [0.4, 0.5) is 17.6 Å². The van der Waals surface area contributed by atoms with E-state index in [1.807, 2.05) is 0 Å². The maximum absolute atomic E-state index is 13.2. The summed E-state index contributed by atoms with van der Waals surface area (Å²) in [6, 6.07) is 3.63. The second kappa shape index (κ2) is 6.83. The van der Waals surface area contributed by atoms with Crippen molar-refractivity contribution < 1.29 is 22.4 Å². The molecular formula is C13H13Cl2F4NO. The maximum atomic E-state index is 13.2. The van der Waals surface area contributed by atoms with Crippen LogP contribution in [-0.2, 0) is 11.3 Å². The van der Waals surface area contributed by atoms with Gasteiger partial charge in [0.2, 0.25) is 0 Å². The third kappa shape index (κ3) is 4.23. The predicted molar refractivity (Wildman–Crippen MR) is 73.1 cm³/mol. The summed E-state index contributed by atoms with van der Waals surface area (Å²) in [6.45, 7) is 2.64. The molecule has 0 radical (unpaired) electrons. The average molecular weight is 346 g/mol. The van der Waals surface area contributed by atoms with Crippen LogP contribution in [0.5, 0.6) is 0 Å². The van der Waals surface area contributed by atoms with Crippen LogP contribution in [-0.4, -0.2) is 29.2 Å². The van der Waals surface area contributed by atoms with Crippen molar-refractivity contribution in [1.82, 2.24) is 4.90 Å². The first-order valence-electron chi connectivity index (χ1n) is 5.98. The van der Waals surface area contributed by atoms with E-state index in [1.54, 1.807) is 0 Å². The number of benzene rings is 1. The van der Waals surface area contributed by atoms with Crippen molar-refractivity contribution in [3.8, 4) is 0 Å². The van der Waals surface area contributed by atoms with E-state index < -0.39 is 24.3 Å². The van der Waals surface area contributed by atoms with Crippen LogP contribution in [0.15, 0.2) is 18.2 Å². The quantitative estimate of drug-likeness (QED) is 0.712. The number of amides is 1. The second-order valence-corrected chi connectivity index (χ2v) is 5.51. The highest BCUT2D eigenvalue weighted by molar-refractivity contribution is 6.42. The zero-order valence-corrected chi connectivity index (χ0v) is 12.7. The summed E-state index contributed by atoms with van der Waals surface area (Å²) in [4.78, 5) is 12.3. The first-order valence-corrected chi connectivity index (χ1v) is 6.74. The molecule has 8 heteroatoms. The van der Waals surface area contributed by atoms with Gasteiger partial charge in [-0.3, -0.25) is 4.79 Å². The number of carbonyl (C=O) groups is 1. The van der Waals surface area contributed by atoms with Crippen molar-refractivity contribution in [2.45, 2.75) is 38.8 Å². The minimum atomic E-state index is -4.72. The van der Waals surface area contributed by atoms with Gasteiger partial charge in [-0.15, -0.1) is 0 Å². The lowest BCUT2D eigenvalue weighted by molar-refractivity contribution is -0.183. The molecule has 0 aliphatic heterocycles. The summed E-state index contributed by atoms with van der Waals surface area (Å²) in [6.07, 6.45) is -4.06. The topological polar surface area (TPSA) is 20.3 Å². The minimum Gasteiger partial charge on any atom is -0.331 e. The lowest BCUT2D eigenvalue weighted by atomic mass is 10.1. The molecule has 1 amide bonds. The van der Waals surface area contributed by atoms with Crippen molar-refractivity contribution in [1.29, 1.82) is 0 Å². The van der Waals surface area contributed by atoms with Crippen molar-refractivity contribution in [2.24, 2.45) is 0 Å². The molecule has 0 heterocycles. The molecule has 21 heavy (non-hydrogen) atoms. The van der Waals surface area contributed by atoms with Crippen LogP contribution in [0, 0.1) is 0 Å². The van der Waals surface area contributed by atoms with Gasteiger partial charge in [-0.05, 0) is 31.5 Å². The summed E-state index contributed by atoms with van der Waals surface area (Å²) in [7, 11) is 0. The highest BCUT2D eigenvalue weighted by Gasteiger charge is 2.51. The summed E-state index contributed by atoms with van der Waals surface area (Å²) in [5, 5.41) is 0.451. The van der Waals surface area contributed by atoms with Crippen LogP contribution in [0.1, 0.15) is 19.4 Å². The zero-order chi connectivity index (χ0) is 16.4. The molecule has 0 saturated carbocycles. The van der Waals surface area contributed by atoms with E-state index in [-0.39, 0.29) is 16.6 Å². The standard InChI is InChI=1S/C13H13Cl2F4NO/c1-7(2)20(12(21)13(18,19)11(16)17)6-8-3-4-9(14)10(15)5-8/h3-5,7,11H,6H2,1-2H3. The van der Waals surface area contributed by atoms with Gasteiger partial charge in [0.25, 0.3) is 5.91 Å². The Kier molecular flexibility index (Phi) is 5.87. The van der Waals surface area contributed by atoms with E-state index in [1.165, 1.54) is 32.0 Å². The van der Waals surface area contributed by atoms with Crippen LogP contribution in [0.3, 0.4) is 0 Å². The molecule has 1 rings (SSSR count). The lowest BCUT2D eigenvalue weighted by Gasteiger charge is -2.30. The lowest BCUT2D eigenvalue weighted by Crippen LogP contribution is -2.49. The molecule has 2 nitrogen and oxygen atoms in total. The maximum Gasteiger partial charge on any atom is 0.383 e. The molecule has 0 bridgehead atoms. The third-order valence-corrected chi connectivity index (χ3v) is 3.52. The van der Waals surface area contributed by atoms with Gasteiger partial charge < -0.3 is 4.90 Å². The second-order valence-electron chi connectivity index (χ2n) is 4.70. The summed E-state index contributed by atoms with van der Waals surface area (Å²) in [5.41, 5.74) is 0.413. The van der Waals surface area contributed by atoms with Crippen LogP contribution in [0.2, 0.25) is 10.0 Å². The molecule has 0 saturated heterocycles. The Morgan fingerprint density at radius 3 is 2.24 bits per heavy atom. The Morgan fingerprint density at radius 1 is 1.24 bits per heavy atom. The molecule has 118 valence electrons. The average Bonchev–Trinajstić information content (AvgIpc) is 2.38. The fraction of sp³-hybridized carbons (Fsp3) is 0.462. The van der Waals surface area contributed by atoms with Gasteiger partial charge in [0.15, 0.2) is 0 Å². The number of hydrogen-bond donors (Lipinski definition) is 0. The summed E-state index contributed by atoms with van der Waals surface area (Å²) in [5.74, 6) is -6.64. The minimum absolute atomic E-state index is 0.186. The molecule has 0 unspecified atom stereocenters. The Balaban J connectivity index is 3.03. The van der Waals surface area contributed by atoms with Gasteiger partial charge in [0.05, 0.1) is 10.0 Å². The molecule has 0 aromatic heterocycles. The Labute approximate surface area is 129 Å². The predicted octanol–water partition coefficient (Wildman–Crippen LogP) is 4.63. The Bertz CT molecular complexity index is 523. The van der Waals surface area contributed by atoms with E-state index in [9.17, 15) is 22.4 Å². The van der Waals surface area contributed by atoms with Gasteiger partial charge in [-0.1, -0.05) is 29.3 Å². The van der Waals surface area contributed by atoms with Crippen LogP contribution in [0.25, 0.3) is 0 Å². The van der Waals surface area contributed by atoms with E-state index in [0.717, 1.165) is 0 Å². The monoisotopic (exact) mass is 345 g/mol. The van der Waals surface area contributed by atoms with E-state index in [0.29, 0.717) is 10.5 Å². The molecule has 1 aromatic carbocycles. The van der Waals surface area contributed by atoms with E-state index >= 15 is 0 Å². The fourth-order valence-electron chi connectivity index (χ4n) is 1.61. The van der Waals surface area contributed by atoms with Gasteiger partial charge in [-0.2, -0.15) is 8.78 Å². The zero-order valence-electron chi connectivity index (χ0n) is 11.2. The molecule has 0 aliphatic carbocycles. The number of rotatable bonds is 5. The Morgan fingerprint density at radius 2 is 1.81 bits per heavy atom. The van der Waals surface area contributed by atoms with Crippen LogP contribution >= 0.6 is 23.2 Å². The molecule has 0 fully saturated rings. The van der Waals surface area contributed by atoms with Gasteiger partial charge in [0, 0.05) is 12.6 Å². The van der Waals surface area contributed by atoms with Crippen molar-refractivity contribution in [3.05, 3.63) is 33.8 Å². The first kappa shape index (κ1) is 18.0. The van der Waals surface area contributed by atoms with Crippen molar-refractivity contribution >= 4 is 29.1 Å². The van der Waals surface area contributed by atoms with Gasteiger partial charge >= 0.3 is 12.3 Å². The highest BCUT2D eigenvalue weighted by Crippen LogP contribution is 2.28. The number of halogens is 6. The number of hydrogen-bond acceptors (Lipinski definition) is 1. The molecule has 0 N–H and O–H groups in total. The van der Waals surface area contributed by atoms with Crippen LogP contribution < -0.4 is 0 Å². The van der Waals surface area contributed by atoms with Gasteiger partial charge in [-0.25, -0.2) is 8.78 Å². The fourth-order valence-corrected chi connectivity index (χ4v) is 1.93. The SMILES string of the molecule is CC(C)N(Cc1ccc(Cl)c(Cl)c1)C(=O)C(F)(F)C(F)F. The van der Waals surface area contributed by atoms with E-state index in [2.05, 4.69) is 0 Å². The normalized spacial score (nSPS) is 12.1. The molecule has 1 aromatic rings. The third-order valence-electron chi connectivity index (χ3n) is 2.78. The number of nitrogens with zero attached hydrogens (tertiary/aromatic N) is 1. The molecular weight excluding hydrogens is 333 g/mol. The summed E-state index contributed by atoms with van der Waals surface area (Å²) >= 11 is 11.5. The molecule has 0 aliphatic rings. The highest BCUT2D eigenvalue weighted by atomic mass is 35.5. The smallest absolute Gasteiger partial charge is 0.331 e. The molecule has 0 atom stereocenters. The largest absolute Gasteiger partial charge is 0.383 e. The van der Waals surface area contributed by atoms with Gasteiger partial charge in [0.1, 0.15) is 0 Å². The Hall–Kier alpha value is -1.01. The first-order chi connectivity index (χ1) is 9.57. The van der Waals surface area contributed by atoms with E-state index in [4.69, 9.17) is 23.2 Å². The number of alkyl halides is 4. The number of carbonyl (C=O) groups excluding carboxylic acids is 1. The van der Waals surface area contributed by atoms with Crippen molar-refractivity contribution in [2.75, 3.05) is 0 Å². The summed E-state index contributed by atoms with van der Waals surface area (Å²) < 4.78 is 51.0.